The Bertz CT molecular complexity index is 662. The summed E-state index contributed by atoms with van der Waals surface area (Å²) in [5.74, 6) is 0.506. The van der Waals surface area contributed by atoms with Gasteiger partial charge in [-0.05, 0) is 61.9 Å². The molecule has 0 amide bonds. The molecule has 0 aliphatic carbocycles. The second kappa shape index (κ2) is 7.66. The first-order valence-electron chi connectivity index (χ1n) is 8.30. The van der Waals surface area contributed by atoms with E-state index in [0.717, 1.165) is 53.7 Å². The molecule has 5 heteroatoms. The molecule has 124 valence electrons. The Kier molecular flexibility index (Phi) is 5.58. The normalized spacial score (nSPS) is 15.9. The fraction of sp³-hybridized carbons (Fsp3) is 0.500. The van der Waals surface area contributed by atoms with Crippen LogP contribution in [-0.4, -0.2) is 32.7 Å². The number of nitrogens with one attached hydrogen (secondary N) is 1. The van der Waals surface area contributed by atoms with Gasteiger partial charge in [0.05, 0.1) is 11.9 Å². The molecule has 1 aliphatic heterocycles. The van der Waals surface area contributed by atoms with Gasteiger partial charge in [-0.1, -0.05) is 40.8 Å². The summed E-state index contributed by atoms with van der Waals surface area (Å²) in [7, 11) is 0. The number of piperidine rings is 1. The van der Waals surface area contributed by atoms with Gasteiger partial charge in [-0.15, -0.1) is 9.94 Å². The maximum Gasteiger partial charge on any atom is 0.0738 e. The summed E-state index contributed by atoms with van der Waals surface area (Å²) >= 11 is 2.43. The largest absolute Gasteiger partial charge is 0.412 e. The van der Waals surface area contributed by atoms with Crippen LogP contribution in [0.3, 0.4) is 0 Å². The standard InChI is InChI=1S/C18H24IN3O/c1-13-2-3-14(10-16(13)4-7-19)11-18-17(12-22(23)21-18)15-5-8-20-9-6-15/h2-3,10,12,15,20,23H,4-9,11H2,1H3. The van der Waals surface area contributed by atoms with Crippen molar-refractivity contribution in [3.8, 4) is 0 Å². The SMILES string of the molecule is Cc1ccc(Cc2nn(O)cc2C2CCNCC2)cc1CCI. The lowest BCUT2D eigenvalue weighted by Crippen LogP contribution is -2.26. The number of halogens is 1. The van der Waals surface area contributed by atoms with Crippen molar-refractivity contribution in [1.82, 2.24) is 15.3 Å². The van der Waals surface area contributed by atoms with E-state index in [1.807, 2.05) is 0 Å². The fourth-order valence-corrected chi connectivity index (χ4v) is 4.00. The third-order valence-corrected chi connectivity index (χ3v) is 5.28. The van der Waals surface area contributed by atoms with Gasteiger partial charge in [0.2, 0.25) is 0 Å². The van der Waals surface area contributed by atoms with Crippen LogP contribution in [0.25, 0.3) is 0 Å². The molecule has 0 saturated carbocycles. The maximum atomic E-state index is 9.81. The monoisotopic (exact) mass is 425 g/mol. The van der Waals surface area contributed by atoms with Crippen LogP contribution < -0.4 is 5.32 Å². The number of alkyl halides is 1. The Labute approximate surface area is 151 Å². The molecule has 0 unspecified atom stereocenters. The molecule has 4 nitrogen and oxygen atoms in total. The highest BCUT2D eigenvalue weighted by atomic mass is 127. The summed E-state index contributed by atoms with van der Waals surface area (Å²) in [5.41, 5.74) is 6.29. The molecule has 1 saturated heterocycles. The lowest BCUT2D eigenvalue weighted by Gasteiger charge is -2.22. The quantitative estimate of drug-likeness (QED) is 0.438. The summed E-state index contributed by atoms with van der Waals surface area (Å²) in [6.45, 7) is 4.27. The van der Waals surface area contributed by atoms with Crippen molar-refractivity contribution < 1.29 is 5.21 Å². The van der Waals surface area contributed by atoms with Crippen molar-refractivity contribution >= 4 is 22.6 Å². The van der Waals surface area contributed by atoms with E-state index in [1.54, 1.807) is 6.20 Å². The van der Waals surface area contributed by atoms with Crippen LogP contribution in [0.15, 0.2) is 24.4 Å². The average molecular weight is 425 g/mol. The van der Waals surface area contributed by atoms with Crippen LogP contribution in [0, 0.1) is 6.92 Å². The Balaban J connectivity index is 1.83. The Hall–Kier alpha value is -1.08. The van der Waals surface area contributed by atoms with Gasteiger partial charge in [-0.25, -0.2) is 0 Å². The highest BCUT2D eigenvalue weighted by Gasteiger charge is 2.21. The number of hydrogen-bond acceptors (Lipinski definition) is 3. The maximum absolute atomic E-state index is 9.81. The first-order chi connectivity index (χ1) is 11.2. The Morgan fingerprint density at radius 1 is 1.35 bits per heavy atom. The number of benzene rings is 1. The molecule has 1 aromatic heterocycles. The summed E-state index contributed by atoms with van der Waals surface area (Å²) in [5, 5.41) is 17.5. The van der Waals surface area contributed by atoms with Crippen molar-refractivity contribution in [3.63, 3.8) is 0 Å². The molecule has 2 N–H and O–H groups in total. The lowest BCUT2D eigenvalue weighted by molar-refractivity contribution is 0.147. The highest BCUT2D eigenvalue weighted by molar-refractivity contribution is 14.1. The predicted molar refractivity (Wildman–Crippen MR) is 101 cm³/mol. The van der Waals surface area contributed by atoms with E-state index >= 15 is 0 Å². The molecule has 1 fully saturated rings. The first-order valence-corrected chi connectivity index (χ1v) is 9.82. The molecule has 1 aliphatic rings. The summed E-state index contributed by atoms with van der Waals surface area (Å²) in [6.07, 6.45) is 5.93. The lowest BCUT2D eigenvalue weighted by atomic mass is 9.89. The molecule has 3 rings (SSSR count). The first kappa shape index (κ1) is 16.8. The molecule has 1 aromatic carbocycles. The van der Waals surface area contributed by atoms with E-state index in [-0.39, 0.29) is 0 Å². The van der Waals surface area contributed by atoms with Gasteiger partial charge in [0.1, 0.15) is 0 Å². The second-order valence-corrected chi connectivity index (χ2v) is 7.43. The minimum absolute atomic E-state index is 0.506. The van der Waals surface area contributed by atoms with Gasteiger partial charge >= 0.3 is 0 Å². The van der Waals surface area contributed by atoms with Crippen molar-refractivity contribution in [2.75, 3.05) is 17.5 Å². The van der Waals surface area contributed by atoms with Gasteiger partial charge in [0.15, 0.2) is 0 Å². The van der Waals surface area contributed by atoms with E-state index in [1.165, 1.54) is 22.3 Å². The van der Waals surface area contributed by atoms with Crippen molar-refractivity contribution in [2.45, 2.75) is 38.5 Å². The van der Waals surface area contributed by atoms with Crippen molar-refractivity contribution in [3.05, 3.63) is 52.3 Å². The third-order valence-electron chi connectivity index (χ3n) is 4.74. The molecule has 0 radical (unpaired) electrons. The van der Waals surface area contributed by atoms with Crippen LogP contribution >= 0.6 is 22.6 Å². The summed E-state index contributed by atoms with van der Waals surface area (Å²) < 4.78 is 1.13. The van der Waals surface area contributed by atoms with E-state index < -0.39 is 0 Å². The zero-order chi connectivity index (χ0) is 16.2. The number of aryl methyl sites for hydroxylation is 2. The third kappa shape index (κ3) is 4.07. The minimum Gasteiger partial charge on any atom is -0.412 e. The summed E-state index contributed by atoms with van der Waals surface area (Å²) in [4.78, 5) is 0.993. The summed E-state index contributed by atoms with van der Waals surface area (Å²) in [6, 6.07) is 6.70. The number of aromatic nitrogens is 2. The van der Waals surface area contributed by atoms with Crippen LogP contribution in [0.1, 0.15) is 46.7 Å². The molecule has 2 heterocycles. The molecular formula is C18H24IN3O. The highest BCUT2D eigenvalue weighted by Crippen LogP contribution is 2.29. The van der Waals surface area contributed by atoms with Gasteiger partial charge in [0.25, 0.3) is 0 Å². The second-order valence-electron chi connectivity index (χ2n) is 6.35. The average Bonchev–Trinajstić information content (AvgIpc) is 2.92. The van der Waals surface area contributed by atoms with E-state index in [2.05, 4.69) is 58.1 Å². The molecule has 0 bridgehead atoms. The molecule has 2 aromatic rings. The van der Waals surface area contributed by atoms with Crippen LogP contribution in [0.2, 0.25) is 0 Å². The van der Waals surface area contributed by atoms with E-state index in [0.29, 0.717) is 5.92 Å². The smallest absolute Gasteiger partial charge is 0.0738 e. The van der Waals surface area contributed by atoms with Gasteiger partial charge < -0.3 is 10.5 Å². The Morgan fingerprint density at radius 3 is 2.87 bits per heavy atom. The molecule has 0 atom stereocenters. The molecular weight excluding hydrogens is 401 g/mol. The molecule has 0 spiro atoms. The van der Waals surface area contributed by atoms with Crippen LogP contribution in [0.4, 0.5) is 0 Å². The minimum atomic E-state index is 0.506. The van der Waals surface area contributed by atoms with Gasteiger partial charge in [-0.3, -0.25) is 0 Å². The van der Waals surface area contributed by atoms with E-state index in [4.69, 9.17) is 0 Å². The zero-order valence-corrected chi connectivity index (χ0v) is 15.7. The number of nitrogens with zero attached hydrogens (tertiary/aromatic N) is 2. The molecule has 23 heavy (non-hydrogen) atoms. The van der Waals surface area contributed by atoms with Crippen molar-refractivity contribution in [1.29, 1.82) is 0 Å². The topological polar surface area (TPSA) is 50.1 Å². The fourth-order valence-electron chi connectivity index (χ4n) is 3.42. The van der Waals surface area contributed by atoms with Crippen LogP contribution in [0.5, 0.6) is 0 Å². The predicted octanol–water partition coefficient (Wildman–Crippen LogP) is 3.46. The Morgan fingerprint density at radius 2 is 2.13 bits per heavy atom. The number of rotatable bonds is 5. The van der Waals surface area contributed by atoms with Gasteiger partial charge in [-0.2, -0.15) is 0 Å². The zero-order valence-electron chi connectivity index (χ0n) is 13.6. The van der Waals surface area contributed by atoms with Gasteiger partial charge in [0, 0.05) is 16.4 Å². The number of hydrogen-bond donors (Lipinski definition) is 2. The van der Waals surface area contributed by atoms with E-state index in [9.17, 15) is 5.21 Å². The van der Waals surface area contributed by atoms with Crippen LogP contribution in [-0.2, 0) is 12.8 Å². The van der Waals surface area contributed by atoms with Crippen molar-refractivity contribution in [2.24, 2.45) is 0 Å².